The summed E-state index contributed by atoms with van der Waals surface area (Å²) in [7, 11) is 0. The molecule has 1 nitrogen and oxygen atoms in total. The summed E-state index contributed by atoms with van der Waals surface area (Å²) in [4.78, 5) is 12.1. The van der Waals surface area contributed by atoms with Crippen LogP contribution in [0.25, 0.3) is 0 Å². The predicted molar refractivity (Wildman–Crippen MR) is 70.0 cm³/mol. The molecule has 2 heteroatoms. The van der Waals surface area contributed by atoms with Crippen LogP contribution >= 0.6 is 15.9 Å². The topological polar surface area (TPSA) is 17.1 Å². The Morgan fingerprint density at radius 3 is 2.69 bits per heavy atom. The van der Waals surface area contributed by atoms with E-state index in [1.54, 1.807) is 0 Å². The van der Waals surface area contributed by atoms with E-state index in [9.17, 15) is 4.79 Å². The SMILES string of the molecule is CCC1(C(=O)CBr)CCc2ccccc2C1. The Labute approximate surface area is 105 Å². The van der Waals surface area contributed by atoms with E-state index in [4.69, 9.17) is 0 Å². The lowest BCUT2D eigenvalue weighted by atomic mass is 9.68. The van der Waals surface area contributed by atoms with Crippen LogP contribution < -0.4 is 0 Å². The van der Waals surface area contributed by atoms with Crippen LogP contribution in [0.15, 0.2) is 24.3 Å². The molecular formula is C14H17BrO. The molecule has 1 aliphatic rings. The number of carbonyl (C=O) groups is 1. The highest BCUT2D eigenvalue weighted by Gasteiger charge is 2.38. The summed E-state index contributed by atoms with van der Waals surface area (Å²) in [5.74, 6) is 0.365. The van der Waals surface area contributed by atoms with Crippen molar-refractivity contribution in [2.24, 2.45) is 5.41 Å². The molecular weight excluding hydrogens is 264 g/mol. The number of hydrogen-bond donors (Lipinski definition) is 0. The van der Waals surface area contributed by atoms with Crippen molar-refractivity contribution >= 4 is 21.7 Å². The zero-order chi connectivity index (χ0) is 11.6. The summed E-state index contributed by atoms with van der Waals surface area (Å²) in [6.45, 7) is 2.13. The minimum absolute atomic E-state index is 0.113. The number of Topliss-reactive ketones (excluding diaryl/α,β-unsaturated/α-hetero) is 1. The van der Waals surface area contributed by atoms with Crippen molar-refractivity contribution < 1.29 is 4.79 Å². The molecule has 0 fully saturated rings. The Kier molecular flexibility index (Phi) is 3.48. The van der Waals surface area contributed by atoms with Crippen LogP contribution in [0.4, 0.5) is 0 Å². The molecule has 1 aromatic carbocycles. The van der Waals surface area contributed by atoms with Crippen molar-refractivity contribution in [3.63, 3.8) is 0 Å². The van der Waals surface area contributed by atoms with Crippen LogP contribution in [0.1, 0.15) is 30.9 Å². The summed E-state index contributed by atoms with van der Waals surface area (Å²) in [5.41, 5.74) is 2.68. The number of halogens is 1. The van der Waals surface area contributed by atoms with Gasteiger partial charge in [0, 0.05) is 5.41 Å². The van der Waals surface area contributed by atoms with Crippen molar-refractivity contribution in [3.8, 4) is 0 Å². The quantitative estimate of drug-likeness (QED) is 0.774. The second-order valence-corrected chi connectivity index (χ2v) is 5.20. The number of alkyl halides is 1. The highest BCUT2D eigenvalue weighted by atomic mass is 79.9. The molecule has 0 heterocycles. The standard InChI is InChI=1S/C14H17BrO/c1-2-14(13(16)10-15)8-7-11-5-3-4-6-12(11)9-14/h3-6H,2,7-10H2,1H3. The molecule has 1 atom stereocenters. The smallest absolute Gasteiger partial charge is 0.149 e. The van der Waals surface area contributed by atoms with Gasteiger partial charge in [0.25, 0.3) is 0 Å². The molecule has 0 radical (unpaired) electrons. The van der Waals surface area contributed by atoms with Crippen molar-refractivity contribution in [2.75, 3.05) is 5.33 Å². The lowest BCUT2D eigenvalue weighted by Crippen LogP contribution is -2.37. The van der Waals surface area contributed by atoms with Crippen molar-refractivity contribution in [1.29, 1.82) is 0 Å². The molecule has 0 aromatic heterocycles. The van der Waals surface area contributed by atoms with Gasteiger partial charge in [-0.2, -0.15) is 0 Å². The number of hydrogen-bond acceptors (Lipinski definition) is 1. The Bertz CT molecular complexity index is 399. The van der Waals surface area contributed by atoms with E-state index in [0.29, 0.717) is 11.1 Å². The Balaban J connectivity index is 2.32. The molecule has 0 saturated carbocycles. The van der Waals surface area contributed by atoms with Crippen LogP contribution in [0.3, 0.4) is 0 Å². The molecule has 0 saturated heterocycles. The molecule has 0 aliphatic heterocycles. The van der Waals surface area contributed by atoms with Crippen LogP contribution in [-0.2, 0) is 17.6 Å². The Hall–Kier alpha value is -0.630. The van der Waals surface area contributed by atoms with Crippen LogP contribution in [0.2, 0.25) is 0 Å². The number of benzene rings is 1. The maximum atomic E-state index is 12.1. The number of aryl methyl sites for hydroxylation is 1. The van der Waals surface area contributed by atoms with Gasteiger partial charge >= 0.3 is 0 Å². The van der Waals surface area contributed by atoms with Gasteiger partial charge in [-0.25, -0.2) is 0 Å². The van der Waals surface area contributed by atoms with Crippen molar-refractivity contribution in [1.82, 2.24) is 0 Å². The van der Waals surface area contributed by atoms with Crippen molar-refractivity contribution in [2.45, 2.75) is 32.6 Å². The second kappa shape index (κ2) is 4.70. The van der Waals surface area contributed by atoms with Gasteiger partial charge in [-0.3, -0.25) is 4.79 Å². The molecule has 1 aromatic rings. The fraction of sp³-hybridized carbons (Fsp3) is 0.500. The molecule has 16 heavy (non-hydrogen) atoms. The number of ketones is 1. The zero-order valence-electron chi connectivity index (χ0n) is 9.63. The van der Waals surface area contributed by atoms with E-state index in [1.807, 2.05) is 0 Å². The lowest BCUT2D eigenvalue weighted by molar-refractivity contribution is -0.126. The summed E-state index contributed by atoms with van der Waals surface area (Å²) >= 11 is 3.32. The van der Waals surface area contributed by atoms with Gasteiger partial charge in [0.15, 0.2) is 0 Å². The first-order valence-electron chi connectivity index (χ1n) is 5.88. The molecule has 1 aliphatic carbocycles. The summed E-state index contributed by atoms with van der Waals surface area (Å²) < 4.78 is 0. The molecule has 2 rings (SSSR count). The number of carbonyl (C=O) groups excluding carboxylic acids is 1. The van der Waals surface area contributed by atoms with Gasteiger partial charge in [0.1, 0.15) is 5.78 Å². The first-order chi connectivity index (χ1) is 7.72. The van der Waals surface area contributed by atoms with Crippen LogP contribution in [0, 0.1) is 5.41 Å². The fourth-order valence-electron chi connectivity index (χ4n) is 2.68. The molecule has 0 N–H and O–H groups in total. The van der Waals surface area contributed by atoms with E-state index in [-0.39, 0.29) is 5.41 Å². The molecule has 0 amide bonds. The van der Waals surface area contributed by atoms with E-state index in [1.165, 1.54) is 11.1 Å². The largest absolute Gasteiger partial charge is 0.298 e. The average molecular weight is 281 g/mol. The maximum Gasteiger partial charge on any atom is 0.149 e. The highest BCUT2D eigenvalue weighted by molar-refractivity contribution is 9.09. The summed E-state index contributed by atoms with van der Waals surface area (Å²) in [5, 5.41) is 0.489. The monoisotopic (exact) mass is 280 g/mol. The maximum absolute atomic E-state index is 12.1. The third kappa shape index (κ3) is 1.95. The van der Waals surface area contributed by atoms with E-state index in [0.717, 1.165) is 25.7 Å². The van der Waals surface area contributed by atoms with Gasteiger partial charge in [0.05, 0.1) is 5.33 Å². The number of rotatable bonds is 3. The van der Waals surface area contributed by atoms with Crippen LogP contribution in [-0.4, -0.2) is 11.1 Å². The molecule has 0 bridgehead atoms. The minimum atomic E-state index is -0.113. The van der Waals surface area contributed by atoms with E-state index < -0.39 is 0 Å². The van der Waals surface area contributed by atoms with E-state index in [2.05, 4.69) is 47.1 Å². The van der Waals surface area contributed by atoms with Crippen LogP contribution in [0.5, 0.6) is 0 Å². The predicted octanol–water partition coefficient (Wildman–Crippen LogP) is 3.54. The lowest BCUT2D eigenvalue weighted by Gasteiger charge is -2.35. The van der Waals surface area contributed by atoms with Gasteiger partial charge in [-0.1, -0.05) is 47.1 Å². The first kappa shape index (κ1) is 11.8. The van der Waals surface area contributed by atoms with Gasteiger partial charge in [0.2, 0.25) is 0 Å². The average Bonchev–Trinajstić information content (AvgIpc) is 2.37. The number of fused-ring (bicyclic) bond motifs is 1. The second-order valence-electron chi connectivity index (χ2n) is 4.64. The third-order valence-electron chi connectivity index (χ3n) is 3.91. The zero-order valence-corrected chi connectivity index (χ0v) is 11.2. The fourth-order valence-corrected chi connectivity index (χ4v) is 3.27. The van der Waals surface area contributed by atoms with Gasteiger partial charge in [-0.05, 0) is 36.8 Å². The molecule has 1 unspecified atom stereocenters. The minimum Gasteiger partial charge on any atom is -0.298 e. The summed E-state index contributed by atoms with van der Waals surface area (Å²) in [6.07, 6.45) is 3.92. The van der Waals surface area contributed by atoms with Gasteiger partial charge in [-0.15, -0.1) is 0 Å². The molecule has 86 valence electrons. The summed E-state index contributed by atoms with van der Waals surface area (Å²) in [6, 6.07) is 8.52. The van der Waals surface area contributed by atoms with Gasteiger partial charge < -0.3 is 0 Å². The Morgan fingerprint density at radius 1 is 1.38 bits per heavy atom. The Morgan fingerprint density at radius 2 is 2.06 bits per heavy atom. The van der Waals surface area contributed by atoms with Crippen molar-refractivity contribution in [3.05, 3.63) is 35.4 Å². The molecule has 0 spiro atoms. The van der Waals surface area contributed by atoms with E-state index >= 15 is 0 Å². The third-order valence-corrected chi connectivity index (χ3v) is 4.42. The first-order valence-corrected chi connectivity index (χ1v) is 7.00. The highest BCUT2D eigenvalue weighted by Crippen LogP contribution is 2.39. The normalized spacial score (nSPS) is 23.9.